The van der Waals surface area contributed by atoms with Crippen LogP contribution in [0.5, 0.6) is 17.2 Å². The van der Waals surface area contributed by atoms with Crippen LogP contribution < -0.4 is 14.0 Å². The largest absolute Gasteiger partial charge is 0.864 e. The average molecular weight is 420 g/mol. The second kappa shape index (κ2) is 5.70. The first kappa shape index (κ1) is 16.4. The minimum atomic E-state index is -0.967. The molecule has 32 heavy (non-hydrogen) atoms. The lowest BCUT2D eigenvalue weighted by molar-refractivity contribution is 0.293. The molecule has 9 rings (SSSR count). The molecule has 3 aliphatic heterocycles. The molecule has 0 radical (unpaired) electrons. The summed E-state index contributed by atoms with van der Waals surface area (Å²) in [7, 11) is -0.967. The Balaban J connectivity index is 1.63. The van der Waals surface area contributed by atoms with Crippen molar-refractivity contribution in [3.8, 4) is 17.2 Å². The highest BCUT2D eigenvalue weighted by Gasteiger charge is 2.43. The van der Waals surface area contributed by atoms with Crippen molar-refractivity contribution in [2.75, 3.05) is 0 Å². The monoisotopic (exact) mass is 420 g/mol. The SMILES string of the molecule is c1cc2c3c(ccc2o1)OB1Oc2ccc4occc4c2C3c2c(ccc3occc23)O1. The first-order valence-corrected chi connectivity index (χ1v) is 10.4. The summed E-state index contributed by atoms with van der Waals surface area (Å²) in [6, 6.07) is 17.4. The summed E-state index contributed by atoms with van der Waals surface area (Å²) >= 11 is 0. The standard InChI is InChI=1S/C25H13BO6/c1-4-19-22(13-7-10-27-16(1)13)25-23-14-8-11-28-17(14)2-5-20(23)31-26(30-19)32-21-6-3-18-15(24(21)25)9-12-29-18/h1-12,25H. The molecule has 2 bridgehead atoms. The van der Waals surface area contributed by atoms with Gasteiger partial charge in [0.15, 0.2) is 0 Å². The molecule has 3 aromatic carbocycles. The molecule has 0 spiro atoms. The molecule has 6 heterocycles. The van der Waals surface area contributed by atoms with E-state index in [0.717, 1.165) is 49.6 Å². The highest BCUT2D eigenvalue weighted by atomic mass is 16.7. The predicted octanol–water partition coefficient (Wildman–Crippen LogP) is 6.25. The molecule has 0 unspecified atom stereocenters. The second-order valence-electron chi connectivity index (χ2n) is 8.00. The second-order valence-corrected chi connectivity index (χ2v) is 8.00. The van der Waals surface area contributed by atoms with Gasteiger partial charge < -0.3 is 27.2 Å². The molecule has 6 nitrogen and oxygen atoms in total. The molecule has 0 fully saturated rings. The van der Waals surface area contributed by atoms with E-state index < -0.39 is 7.32 Å². The van der Waals surface area contributed by atoms with E-state index in [2.05, 4.69) is 0 Å². The Bertz CT molecular complexity index is 1490. The first-order chi connectivity index (χ1) is 15.8. The third-order valence-corrected chi connectivity index (χ3v) is 6.45. The van der Waals surface area contributed by atoms with E-state index in [1.165, 1.54) is 0 Å². The van der Waals surface area contributed by atoms with Crippen molar-refractivity contribution in [2.24, 2.45) is 0 Å². The van der Waals surface area contributed by atoms with Gasteiger partial charge in [-0.05, 0) is 54.6 Å². The highest BCUT2D eigenvalue weighted by molar-refractivity contribution is 6.40. The average Bonchev–Trinajstić information content (AvgIpc) is 3.53. The Morgan fingerprint density at radius 1 is 0.469 bits per heavy atom. The Hall–Kier alpha value is -4.26. The topological polar surface area (TPSA) is 67.1 Å². The van der Waals surface area contributed by atoms with Crippen LogP contribution in [0, 0.1) is 0 Å². The quantitative estimate of drug-likeness (QED) is 0.271. The summed E-state index contributed by atoms with van der Waals surface area (Å²) in [5, 5.41) is 2.94. The minimum absolute atomic E-state index is 0.278. The van der Waals surface area contributed by atoms with Gasteiger partial charge in [-0.3, -0.25) is 0 Å². The van der Waals surface area contributed by atoms with Gasteiger partial charge in [-0.15, -0.1) is 0 Å². The van der Waals surface area contributed by atoms with E-state index in [9.17, 15) is 0 Å². The molecular weight excluding hydrogens is 407 g/mol. The van der Waals surface area contributed by atoms with Crippen molar-refractivity contribution >= 4 is 40.2 Å². The number of furan rings is 3. The van der Waals surface area contributed by atoms with Gasteiger partial charge in [0, 0.05) is 38.8 Å². The predicted molar refractivity (Wildman–Crippen MR) is 117 cm³/mol. The van der Waals surface area contributed by atoms with Gasteiger partial charge in [0.05, 0.1) is 18.8 Å². The summed E-state index contributed by atoms with van der Waals surface area (Å²) in [5.74, 6) is 1.78. The summed E-state index contributed by atoms with van der Waals surface area (Å²) in [6.07, 6.45) is 5.11. The molecule has 3 aliphatic rings. The molecule has 0 saturated heterocycles. The fraction of sp³-hybridized carbons (Fsp3) is 0.0400. The maximum Gasteiger partial charge on any atom is 0.864 e. The van der Waals surface area contributed by atoms with Crippen molar-refractivity contribution in [3.05, 3.63) is 90.1 Å². The van der Waals surface area contributed by atoms with E-state index in [0.29, 0.717) is 17.2 Å². The molecular formula is C25H13BO6. The molecule has 3 aromatic heterocycles. The first-order valence-electron chi connectivity index (χ1n) is 10.4. The zero-order valence-electron chi connectivity index (χ0n) is 16.5. The van der Waals surface area contributed by atoms with Crippen LogP contribution in [0.2, 0.25) is 0 Å². The van der Waals surface area contributed by atoms with E-state index in [-0.39, 0.29) is 5.92 Å². The number of hydrogen-bond donors (Lipinski definition) is 0. The maximum absolute atomic E-state index is 6.25. The third kappa shape index (κ3) is 2.00. The van der Waals surface area contributed by atoms with Gasteiger partial charge in [0.25, 0.3) is 0 Å². The van der Waals surface area contributed by atoms with Crippen LogP contribution in [-0.4, -0.2) is 7.32 Å². The smallest absolute Gasteiger partial charge is 0.489 e. The van der Waals surface area contributed by atoms with Crippen LogP contribution in [0.3, 0.4) is 0 Å². The molecule has 0 saturated carbocycles. The molecule has 152 valence electrons. The van der Waals surface area contributed by atoms with Crippen LogP contribution in [0.15, 0.2) is 86.6 Å². The summed E-state index contributed by atoms with van der Waals surface area (Å²) in [6.45, 7) is 0. The van der Waals surface area contributed by atoms with Gasteiger partial charge in [-0.25, -0.2) is 0 Å². The molecule has 0 amide bonds. The van der Waals surface area contributed by atoms with E-state index in [4.69, 9.17) is 27.2 Å². The van der Waals surface area contributed by atoms with Crippen molar-refractivity contribution in [1.82, 2.24) is 0 Å². The van der Waals surface area contributed by atoms with Gasteiger partial charge in [-0.2, -0.15) is 0 Å². The summed E-state index contributed by atoms with van der Waals surface area (Å²) < 4.78 is 36.0. The molecule has 6 aromatic rings. The van der Waals surface area contributed by atoms with Crippen LogP contribution in [0.4, 0.5) is 0 Å². The summed E-state index contributed by atoms with van der Waals surface area (Å²) in [4.78, 5) is 0. The molecule has 0 atom stereocenters. The third-order valence-electron chi connectivity index (χ3n) is 6.45. The van der Waals surface area contributed by atoms with Crippen molar-refractivity contribution in [2.45, 2.75) is 5.92 Å². The minimum Gasteiger partial charge on any atom is -0.489 e. The van der Waals surface area contributed by atoms with Crippen molar-refractivity contribution in [3.63, 3.8) is 0 Å². The molecule has 0 N–H and O–H groups in total. The fourth-order valence-corrected chi connectivity index (χ4v) is 5.16. The number of hydrogen-bond acceptors (Lipinski definition) is 6. The Labute approximate surface area is 181 Å². The molecule has 7 heteroatoms. The van der Waals surface area contributed by atoms with E-state index >= 15 is 0 Å². The maximum atomic E-state index is 6.25. The fourth-order valence-electron chi connectivity index (χ4n) is 5.16. The lowest BCUT2D eigenvalue weighted by Gasteiger charge is -2.33. The number of rotatable bonds is 0. The summed E-state index contributed by atoms with van der Waals surface area (Å²) in [5.41, 5.74) is 5.37. The van der Waals surface area contributed by atoms with Crippen LogP contribution in [-0.2, 0) is 0 Å². The zero-order chi connectivity index (χ0) is 20.8. The van der Waals surface area contributed by atoms with Gasteiger partial charge in [-0.1, -0.05) is 0 Å². The molecule has 0 aliphatic carbocycles. The van der Waals surface area contributed by atoms with Crippen molar-refractivity contribution < 1.29 is 27.2 Å². The van der Waals surface area contributed by atoms with Crippen LogP contribution in [0.25, 0.3) is 32.9 Å². The lowest BCUT2D eigenvalue weighted by atomic mass is 9.78. The van der Waals surface area contributed by atoms with Gasteiger partial charge >= 0.3 is 7.32 Å². The van der Waals surface area contributed by atoms with Gasteiger partial charge in [0.1, 0.15) is 34.0 Å². The highest BCUT2D eigenvalue weighted by Crippen LogP contribution is 2.53. The Morgan fingerprint density at radius 2 is 0.844 bits per heavy atom. The van der Waals surface area contributed by atoms with Crippen molar-refractivity contribution in [1.29, 1.82) is 0 Å². The van der Waals surface area contributed by atoms with E-state index in [1.54, 1.807) is 18.8 Å². The van der Waals surface area contributed by atoms with Gasteiger partial charge in [0.2, 0.25) is 0 Å². The number of benzene rings is 3. The number of fused-ring (bicyclic) bond motifs is 3. The van der Waals surface area contributed by atoms with Crippen LogP contribution in [0.1, 0.15) is 22.6 Å². The van der Waals surface area contributed by atoms with E-state index in [1.807, 2.05) is 54.6 Å². The Kier molecular flexibility index (Phi) is 2.93. The Morgan fingerprint density at radius 3 is 1.22 bits per heavy atom. The van der Waals surface area contributed by atoms with Crippen LogP contribution >= 0.6 is 0 Å². The lowest BCUT2D eigenvalue weighted by Crippen LogP contribution is -2.40. The zero-order valence-corrected chi connectivity index (χ0v) is 16.5. The normalized spacial score (nSPS) is 14.8.